The average molecular weight is 313 g/mol. The standard InChI is InChI=1S/C17H10Cl2N2/c18-12-7-3-6-11(16(12)19)17-20-13-8-1-4-10-5-2-9-14(21-17)15(10)13/h1-9H,(H,20,21). The minimum Gasteiger partial charge on any atom is -0.339 e. The Kier molecular flexibility index (Phi) is 2.88. The quantitative estimate of drug-likeness (QED) is 0.617. The van der Waals surface area contributed by atoms with E-state index in [-0.39, 0.29) is 0 Å². The second-order valence-corrected chi connectivity index (χ2v) is 5.65. The second-order valence-electron chi connectivity index (χ2n) is 4.87. The van der Waals surface area contributed by atoms with Crippen LogP contribution in [-0.4, -0.2) is 5.84 Å². The highest BCUT2D eigenvalue weighted by atomic mass is 35.5. The molecular weight excluding hydrogens is 303 g/mol. The Hall–Kier alpha value is -2.03. The number of hydrogen-bond donors (Lipinski definition) is 1. The lowest BCUT2D eigenvalue weighted by atomic mass is 10.0. The van der Waals surface area contributed by atoms with Crippen LogP contribution in [0.4, 0.5) is 11.4 Å². The Balaban J connectivity index is 1.96. The third kappa shape index (κ3) is 1.99. The summed E-state index contributed by atoms with van der Waals surface area (Å²) in [6, 6.07) is 17.8. The number of rotatable bonds is 1. The zero-order chi connectivity index (χ0) is 14.4. The first-order valence-electron chi connectivity index (χ1n) is 6.56. The van der Waals surface area contributed by atoms with Crippen LogP contribution in [0.25, 0.3) is 10.8 Å². The first-order valence-corrected chi connectivity index (χ1v) is 7.31. The summed E-state index contributed by atoms with van der Waals surface area (Å²) in [7, 11) is 0. The monoisotopic (exact) mass is 312 g/mol. The molecule has 2 nitrogen and oxygen atoms in total. The fraction of sp³-hybridized carbons (Fsp3) is 0. The van der Waals surface area contributed by atoms with E-state index >= 15 is 0 Å². The van der Waals surface area contributed by atoms with E-state index in [4.69, 9.17) is 28.2 Å². The first-order chi connectivity index (χ1) is 10.2. The Morgan fingerprint density at radius 3 is 2.48 bits per heavy atom. The van der Waals surface area contributed by atoms with Gasteiger partial charge in [0, 0.05) is 16.6 Å². The van der Waals surface area contributed by atoms with E-state index in [9.17, 15) is 0 Å². The van der Waals surface area contributed by atoms with Gasteiger partial charge in [0.05, 0.1) is 15.7 Å². The highest BCUT2D eigenvalue weighted by Gasteiger charge is 2.17. The molecule has 1 heterocycles. The minimum atomic E-state index is 0.511. The predicted octanol–water partition coefficient (Wildman–Crippen LogP) is 5.65. The van der Waals surface area contributed by atoms with Gasteiger partial charge in [-0.15, -0.1) is 0 Å². The van der Waals surface area contributed by atoms with Gasteiger partial charge in [-0.2, -0.15) is 0 Å². The van der Waals surface area contributed by atoms with Crippen LogP contribution in [0, 0.1) is 0 Å². The van der Waals surface area contributed by atoms with Crippen molar-refractivity contribution >= 4 is 51.2 Å². The maximum atomic E-state index is 6.30. The zero-order valence-electron chi connectivity index (χ0n) is 10.9. The third-order valence-electron chi connectivity index (χ3n) is 3.57. The highest BCUT2D eigenvalue weighted by Crippen LogP contribution is 2.37. The number of amidine groups is 1. The second kappa shape index (κ2) is 4.76. The van der Waals surface area contributed by atoms with Crippen molar-refractivity contribution < 1.29 is 0 Å². The van der Waals surface area contributed by atoms with Gasteiger partial charge in [0.1, 0.15) is 5.84 Å². The molecule has 0 saturated heterocycles. The SMILES string of the molecule is Clc1cccc(C2=Nc3cccc4cccc(c34)N2)c1Cl. The number of nitrogens with one attached hydrogen (secondary N) is 1. The molecule has 4 rings (SSSR count). The van der Waals surface area contributed by atoms with Gasteiger partial charge in [0.15, 0.2) is 0 Å². The smallest absolute Gasteiger partial charge is 0.139 e. The predicted molar refractivity (Wildman–Crippen MR) is 90.2 cm³/mol. The van der Waals surface area contributed by atoms with E-state index in [1.54, 1.807) is 6.07 Å². The van der Waals surface area contributed by atoms with Crippen LogP contribution in [0.15, 0.2) is 59.6 Å². The molecular formula is C17H10Cl2N2. The van der Waals surface area contributed by atoms with Crippen molar-refractivity contribution in [2.45, 2.75) is 0 Å². The van der Waals surface area contributed by atoms with Crippen LogP contribution in [-0.2, 0) is 0 Å². The van der Waals surface area contributed by atoms with Crippen LogP contribution < -0.4 is 5.32 Å². The van der Waals surface area contributed by atoms with Gasteiger partial charge in [0.25, 0.3) is 0 Å². The van der Waals surface area contributed by atoms with Crippen molar-refractivity contribution in [3.63, 3.8) is 0 Å². The normalized spacial score (nSPS) is 13.0. The fourth-order valence-corrected chi connectivity index (χ4v) is 3.00. The van der Waals surface area contributed by atoms with E-state index in [2.05, 4.69) is 17.4 Å². The van der Waals surface area contributed by atoms with E-state index in [1.807, 2.05) is 36.4 Å². The van der Waals surface area contributed by atoms with E-state index in [1.165, 1.54) is 0 Å². The summed E-state index contributed by atoms with van der Waals surface area (Å²) in [5.74, 6) is 0.716. The molecule has 0 atom stereocenters. The van der Waals surface area contributed by atoms with Crippen molar-refractivity contribution in [3.05, 3.63) is 70.2 Å². The minimum absolute atomic E-state index is 0.511. The van der Waals surface area contributed by atoms with Crippen molar-refractivity contribution in [1.82, 2.24) is 0 Å². The summed E-state index contributed by atoms with van der Waals surface area (Å²) >= 11 is 12.4. The molecule has 0 saturated carbocycles. The molecule has 1 N–H and O–H groups in total. The molecule has 0 amide bonds. The summed E-state index contributed by atoms with van der Waals surface area (Å²) in [5, 5.41) is 6.68. The maximum Gasteiger partial charge on any atom is 0.139 e. The topological polar surface area (TPSA) is 24.4 Å². The van der Waals surface area contributed by atoms with Gasteiger partial charge >= 0.3 is 0 Å². The molecule has 0 aromatic heterocycles. The first kappa shape index (κ1) is 12.7. The van der Waals surface area contributed by atoms with Gasteiger partial charge in [-0.3, -0.25) is 0 Å². The number of halogens is 2. The maximum absolute atomic E-state index is 6.30. The van der Waals surface area contributed by atoms with Gasteiger partial charge in [0.2, 0.25) is 0 Å². The summed E-state index contributed by atoms with van der Waals surface area (Å²) < 4.78 is 0. The lowest BCUT2D eigenvalue weighted by Gasteiger charge is -2.19. The number of benzene rings is 3. The summed E-state index contributed by atoms with van der Waals surface area (Å²) in [6.45, 7) is 0. The molecule has 1 aliphatic rings. The molecule has 1 aliphatic heterocycles. The lowest BCUT2D eigenvalue weighted by molar-refractivity contribution is 1.46. The van der Waals surface area contributed by atoms with Crippen LogP contribution >= 0.6 is 23.2 Å². The molecule has 0 fully saturated rings. The molecule has 0 aliphatic carbocycles. The summed E-state index contributed by atoms with van der Waals surface area (Å²) in [6.07, 6.45) is 0. The largest absolute Gasteiger partial charge is 0.339 e. The Morgan fingerprint density at radius 2 is 1.62 bits per heavy atom. The van der Waals surface area contributed by atoms with Crippen molar-refractivity contribution in [2.75, 3.05) is 5.32 Å². The summed E-state index contributed by atoms with van der Waals surface area (Å²) in [5.41, 5.74) is 2.77. The third-order valence-corrected chi connectivity index (χ3v) is 4.39. The van der Waals surface area contributed by atoms with Crippen LogP contribution in [0.2, 0.25) is 10.0 Å². The number of nitrogens with zero attached hydrogens (tertiary/aromatic N) is 1. The average Bonchev–Trinajstić information content (AvgIpc) is 2.50. The number of anilines is 1. The summed E-state index contributed by atoms with van der Waals surface area (Å²) in [4.78, 5) is 4.70. The van der Waals surface area contributed by atoms with Crippen LogP contribution in [0.3, 0.4) is 0 Å². The van der Waals surface area contributed by atoms with E-state index in [0.717, 1.165) is 27.7 Å². The van der Waals surface area contributed by atoms with Gasteiger partial charge in [-0.25, -0.2) is 4.99 Å². The molecule has 0 bridgehead atoms. The molecule has 3 aromatic rings. The van der Waals surface area contributed by atoms with Crippen LogP contribution in [0.1, 0.15) is 5.56 Å². The molecule has 0 spiro atoms. The number of hydrogen-bond acceptors (Lipinski definition) is 2. The Morgan fingerprint density at radius 1 is 0.857 bits per heavy atom. The van der Waals surface area contributed by atoms with Gasteiger partial charge in [-0.1, -0.05) is 53.5 Å². The Labute approximate surface area is 132 Å². The van der Waals surface area contributed by atoms with Gasteiger partial charge < -0.3 is 5.32 Å². The number of aliphatic imine (C=N–C) groups is 1. The van der Waals surface area contributed by atoms with Gasteiger partial charge in [-0.05, 0) is 29.7 Å². The Bertz CT molecular complexity index is 895. The van der Waals surface area contributed by atoms with Crippen molar-refractivity contribution in [2.24, 2.45) is 4.99 Å². The van der Waals surface area contributed by atoms with Crippen LogP contribution in [0.5, 0.6) is 0 Å². The molecule has 0 radical (unpaired) electrons. The molecule has 0 unspecified atom stereocenters. The molecule has 21 heavy (non-hydrogen) atoms. The molecule has 102 valence electrons. The highest BCUT2D eigenvalue weighted by molar-refractivity contribution is 6.44. The lowest BCUT2D eigenvalue weighted by Crippen LogP contribution is -2.16. The fourth-order valence-electron chi connectivity index (χ4n) is 2.61. The zero-order valence-corrected chi connectivity index (χ0v) is 12.4. The molecule has 3 aromatic carbocycles. The van der Waals surface area contributed by atoms with E-state index in [0.29, 0.717) is 15.9 Å². The molecule has 4 heteroatoms. The van der Waals surface area contributed by atoms with Crippen molar-refractivity contribution in [3.8, 4) is 0 Å². The van der Waals surface area contributed by atoms with Crippen molar-refractivity contribution in [1.29, 1.82) is 0 Å². The van der Waals surface area contributed by atoms with E-state index < -0.39 is 0 Å².